The second-order valence-corrected chi connectivity index (χ2v) is 9.66. The lowest BCUT2D eigenvalue weighted by atomic mass is 9.87. The number of methoxy groups -OCH3 is 1. The summed E-state index contributed by atoms with van der Waals surface area (Å²) < 4.78 is 5.52. The monoisotopic (exact) mass is 451 g/mol. The first-order valence-electron chi connectivity index (χ1n) is 10.9. The lowest BCUT2D eigenvalue weighted by molar-refractivity contribution is 0.145. The van der Waals surface area contributed by atoms with E-state index in [2.05, 4.69) is 68.2 Å². The molecule has 0 saturated carbocycles. The molecular formula is C23H29N7OS. The molecular weight excluding hydrogens is 422 g/mol. The molecule has 0 radical (unpaired) electrons. The predicted molar refractivity (Wildman–Crippen MR) is 130 cm³/mol. The van der Waals surface area contributed by atoms with Crippen LogP contribution in [0, 0.1) is 0 Å². The van der Waals surface area contributed by atoms with Gasteiger partial charge in [0.1, 0.15) is 5.82 Å². The molecule has 0 aliphatic carbocycles. The molecule has 3 aromatic rings. The molecule has 2 aromatic heterocycles. The van der Waals surface area contributed by atoms with E-state index in [1.54, 1.807) is 18.4 Å². The highest BCUT2D eigenvalue weighted by Crippen LogP contribution is 2.44. The number of rotatable bonds is 6. The summed E-state index contributed by atoms with van der Waals surface area (Å²) >= 11 is 1.61. The van der Waals surface area contributed by atoms with Gasteiger partial charge >= 0.3 is 0 Å². The van der Waals surface area contributed by atoms with Gasteiger partial charge in [-0.15, -0.1) is 11.3 Å². The lowest BCUT2D eigenvalue weighted by Crippen LogP contribution is -2.44. The van der Waals surface area contributed by atoms with Gasteiger partial charge in [-0.3, -0.25) is 0 Å². The Labute approximate surface area is 192 Å². The molecule has 1 atom stereocenters. The van der Waals surface area contributed by atoms with E-state index in [4.69, 9.17) is 9.72 Å². The molecule has 1 aromatic carbocycles. The van der Waals surface area contributed by atoms with Crippen molar-refractivity contribution in [2.45, 2.75) is 12.3 Å². The minimum absolute atomic E-state index is 0.182. The summed E-state index contributed by atoms with van der Waals surface area (Å²) in [5, 5.41) is 6.30. The summed E-state index contributed by atoms with van der Waals surface area (Å²) in [6.45, 7) is 7.87. The third kappa shape index (κ3) is 4.03. The van der Waals surface area contributed by atoms with Crippen molar-refractivity contribution >= 4 is 39.6 Å². The largest absolute Gasteiger partial charge is 0.384 e. The van der Waals surface area contributed by atoms with Crippen LogP contribution in [-0.4, -0.2) is 73.3 Å². The maximum absolute atomic E-state index is 5.52. The van der Waals surface area contributed by atoms with Crippen LogP contribution in [0.25, 0.3) is 0 Å². The Kier molecular flexibility index (Phi) is 5.71. The third-order valence-corrected chi connectivity index (χ3v) is 7.08. The van der Waals surface area contributed by atoms with Crippen LogP contribution in [0.5, 0.6) is 0 Å². The third-order valence-electron chi connectivity index (χ3n) is 6.29. The van der Waals surface area contributed by atoms with E-state index in [1.807, 2.05) is 17.8 Å². The Hall–Kier alpha value is -2.75. The second kappa shape index (κ2) is 8.65. The zero-order valence-corrected chi connectivity index (χ0v) is 19.6. The summed E-state index contributed by atoms with van der Waals surface area (Å²) in [5.41, 5.74) is 3.13. The number of fused-ring (bicyclic) bond motifs is 1. The quantitative estimate of drug-likeness (QED) is 0.611. The van der Waals surface area contributed by atoms with E-state index < -0.39 is 0 Å². The molecule has 0 unspecified atom stereocenters. The highest BCUT2D eigenvalue weighted by atomic mass is 32.1. The number of hydrogen-bond donors (Lipinski definition) is 1. The number of hydrogen-bond acceptors (Lipinski definition) is 9. The fraction of sp³-hybridized carbons (Fsp3) is 0.435. The topological polar surface area (TPSA) is 69.7 Å². The number of benzene rings is 1. The molecule has 0 amide bonds. The van der Waals surface area contributed by atoms with Gasteiger partial charge in [0.05, 0.1) is 6.61 Å². The zero-order chi connectivity index (χ0) is 22.1. The summed E-state index contributed by atoms with van der Waals surface area (Å²) in [6.07, 6.45) is 3.75. The number of aromatic nitrogens is 3. The summed E-state index contributed by atoms with van der Waals surface area (Å²) in [4.78, 5) is 21.0. The normalized spacial score (nSPS) is 21.1. The first kappa shape index (κ1) is 21.1. The second-order valence-electron chi connectivity index (χ2n) is 8.79. The van der Waals surface area contributed by atoms with Crippen LogP contribution in [0.15, 0.2) is 42.0 Å². The smallest absolute Gasteiger partial charge is 0.229 e. The molecule has 0 spiro atoms. The van der Waals surface area contributed by atoms with Gasteiger partial charge in [-0.1, -0.05) is 6.92 Å². The minimum Gasteiger partial charge on any atom is -0.384 e. The number of anilines is 5. The van der Waals surface area contributed by atoms with Gasteiger partial charge in [-0.05, 0) is 31.3 Å². The van der Waals surface area contributed by atoms with Crippen molar-refractivity contribution < 1.29 is 4.74 Å². The van der Waals surface area contributed by atoms with E-state index in [0.717, 1.165) is 54.9 Å². The molecule has 32 heavy (non-hydrogen) atoms. The lowest BCUT2D eigenvalue weighted by Gasteiger charge is -2.34. The van der Waals surface area contributed by atoms with Crippen LogP contribution >= 0.6 is 11.3 Å². The van der Waals surface area contributed by atoms with Gasteiger partial charge in [0.15, 0.2) is 5.13 Å². The number of nitrogens with zero attached hydrogens (tertiary/aromatic N) is 6. The van der Waals surface area contributed by atoms with Crippen molar-refractivity contribution in [3.05, 3.63) is 47.6 Å². The van der Waals surface area contributed by atoms with E-state index >= 15 is 0 Å². The van der Waals surface area contributed by atoms with Crippen LogP contribution < -0.4 is 15.1 Å². The van der Waals surface area contributed by atoms with Crippen LogP contribution in [-0.2, 0) is 10.2 Å². The fourth-order valence-electron chi connectivity index (χ4n) is 4.47. The Morgan fingerprint density at radius 3 is 2.59 bits per heavy atom. The summed E-state index contributed by atoms with van der Waals surface area (Å²) in [7, 11) is 3.91. The molecule has 168 valence electrons. The van der Waals surface area contributed by atoms with Gasteiger partial charge in [0.25, 0.3) is 0 Å². The molecule has 2 aliphatic heterocycles. The fourth-order valence-corrected chi connectivity index (χ4v) is 5.12. The number of ether oxygens (including phenoxy) is 1. The highest BCUT2D eigenvalue weighted by molar-refractivity contribution is 7.13. The van der Waals surface area contributed by atoms with Crippen molar-refractivity contribution in [3.8, 4) is 0 Å². The van der Waals surface area contributed by atoms with Gasteiger partial charge in [0.2, 0.25) is 5.95 Å². The average Bonchev–Trinajstić information content (AvgIpc) is 3.42. The summed E-state index contributed by atoms with van der Waals surface area (Å²) in [5.74, 6) is 1.48. The SMILES string of the molecule is COC[C@]1(C)CN(c2nccs2)c2nc(Nc3ccc(N4CCN(C)CC4)cc3)ncc21. The van der Waals surface area contributed by atoms with Gasteiger partial charge < -0.3 is 24.8 Å². The molecule has 4 heterocycles. The zero-order valence-electron chi connectivity index (χ0n) is 18.8. The molecule has 1 N–H and O–H groups in total. The maximum Gasteiger partial charge on any atom is 0.229 e. The van der Waals surface area contributed by atoms with Crippen LogP contribution in [0.3, 0.4) is 0 Å². The summed E-state index contributed by atoms with van der Waals surface area (Å²) in [6, 6.07) is 8.52. The minimum atomic E-state index is -0.182. The van der Waals surface area contributed by atoms with E-state index in [9.17, 15) is 0 Å². The van der Waals surface area contributed by atoms with Crippen molar-refractivity contribution in [1.82, 2.24) is 19.9 Å². The molecule has 0 bridgehead atoms. The van der Waals surface area contributed by atoms with Crippen LogP contribution in [0.4, 0.5) is 28.3 Å². The van der Waals surface area contributed by atoms with Gasteiger partial charge in [0, 0.05) is 80.0 Å². The highest BCUT2D eigenvalue weighted by Gasteiger charge is 2.42. The Bertz CT molecular complexity index is 1050. The van der Waals surface area contributed by atoms with E-state index in [0.29, 0.717) is 12.6 Å². The number of piperazine rings is 1. The molecule has 8 nitrogen and oxygen atoms in total. The molecule has 5 rings (SSSR count). The van der Waals surface area contributed by atoms with Gasteiger partial charge in [-0.25, -0.2) is 9.97 Å². The molecule has 1 fully saturated rings. The predicted octanol–water partition coefficient (Wildman–Crippen LogP) is 3.48. The average molecular weight is 452 g/mol. The standard InChI is InChI=1S/C23H29N7OS/c1-23(16-31-3)15-30(22-24-8-13-32-22)20-19(23)14-25-21(27-20)26-17-4-6-18(7-5-17)29-11-9-28(2)10-12-29/h4-8,13-14H,9-12,15-16H2,1-3H3,(H,25,26,27)/t23-/m0/s1. The first-order valence-corrected chi connectivity index (χ1v) is 11.8. The van der Waals surface area contributed by atoms with Crippen molar-refractivity contribution in [2.75, 3.05) is 68.6 Å². The van der Waals surface area contributed by atoms with Crippen LogP contribution in [0.1, 0.15) is 12.5 Å². The number of thiazole rings is 1. The van der Waals surface area contributed by atoms with Crippen molar-refractivity contribution in [1.29, 1.82) is 0 Å². The number of likely N-dealkylation sites (N-methyl/N-ethyl adjacent to an activating group) is 1. The van der Waals surface area contributed by atoms with Crippen molar-refractivity contribution in [2.24, 2.45) is 0 Å². The molecule has 2 aliphatic rings. The Morgan fingerprint density at radius 2 is 1.91 bits per heavy atom. The van der Waals surface area contributed by atoms with Crippen LogP contribution in [0.2, 0.25) is 0 Å². The van der Waals surface area contributed by atoms with Gasteiger partial charge in [-0.2, -0.15) is 4.98 Å². The van der Waals surface area contributed by atoms with E-state index in [1.165, 1.54) is 5.69 Å². The molecule has 9 heteroatoms. The first-order chi connectivity index (χ1) is 15.6. The maximum atomic E-state index is 5.52. The molecule has 1 saturated heterocycles. The van der Waals surface area contributed by atoms with E-state index in [-0.39, 0.29) is 5.41 Å². The Morgan fingerprint density at radius 1 is 1.12 bits per heavy atom. The number of nitrogens with one attached hydrogen (secondary N) is 1. The Balaban J connectivity index is 1.37. The van der Waals surface area contributed by atoms with Crippen molar-refractivity contribution in [3.63, 3.8) is 0 Å².